The first-order valence-electron chi connectivity index (χ1n) is 3.84. The Kier molecular flexibility index (Phi) is 4.06. The van der Waals surface area contributed by atoms with E-state index in [1.807, 2.05) is 0 Å². The average Bonchev–Trinajstić information content (AvgIpc) is 2.14. The Morgan fingerprint density at radius 1 is 1.46 bits per heavy atom. The van der Waals surface area contributed by atoms with Crippen LogP contribution < -0.4 is 5.32 Å². The number of halogens is 2. The van der Waals surface area contributed by atoms with E-state index in [2.05, 4.69) is 5.32 Å². The normalized spacial score (nSPS) is 9.69. The first-order valence-corrected chi connectivity index (χ1v) is 4.75. The molecule has 70 valence electrons. The second-order valence-corrected chi connectivity index (χ2v) is 3.27. The second-order valence-electron chi connectivity index (χ2n) is 2.46. The van der Waals surface area contributed by atoms with E-state index < -0.39 is 0 Å². The summed E-state index contributed by atoms with van der Waals surface area (Å²) in [5.41, 5.74) is 0.553. The quantitative estimate of drug-likeness (QED) is 0.775. The molecule has 1 aromatic carbocycles. The average molecular weight is 218 g/mol. The number of amides is 1. The van der Waals surface area contributed by atoms with Crippen LogP contribution in [0.4, 0.5) is 0 Å². The predicted octanol–water partition coefficient (Wildman–Crippen LogP) is 2.31. The van der Waals surface area contributed by atoms with Crippen LogP contribution in [0.3, 0.4) is 0 Å². The van der Waals surface area contributed by atoms with Crippen LogP contribution in [0.15, 0.2) is 24.3 Å². The van der Waals surface area contributed by atoms with Gasteiger partial charge in [-0.15, -0.1) is 11.6 Å². The van der Waals surface area contributed by atoms with E-state index >= 15 is 0 Å². The molecule has 2 nitrogen and oxygen atoms in total. The monoisotopic (exact) mass is 217 g/mol. The molecule has 0 aliphatic rings. The van der Waals surface area contributed by atoms with Crippen molar-refractivity contribution in [2.45, 2.75) is 0 Å². The molecule has 0 aromatic heterocycles. The maximum atomic E-state index is 11.3. The Morgan fingerprint density at radius 2 is 2.23 bits per heavy atom. The molecule has 13 heavy (non-hydrogen) atoms. The third kappa shape index (κ3) is 3.25. The summed E-state index contributed by atoms with van der Waals surface area (Å²) in [7, 11) is 0. The van der Waals surface area contributed by atoms with Crippen LogP contribution >= 0.6 is 23.2 Å². The topological polar surface area (TPSA) is 29.1 Å². The van der Waals surface area contributed by atoms with Crippen LogP contribution in [0.1, 0.15) is 10.4 Å². The van der Waals surface area contributed by atoms with Gasteiger partial charge in [0.1, 0.15) is 0 Å². The number of benzene rings is 1. The maximum Gasteiger partial charge on any atom is 0.251 e. The molecule has 0 atom stereocenters. The number of alkyl halides is 1. The van der Waals surface area contributed by atoms with E-state index in [4.69, 9.17) is 23.2 Å². The lowest BCUT2D eigenvalue weighted by molar-refractivity contribution is 0.0956. The largest absolute Gasteiger partial charge is 0.351 e. The molecule has 4 heteroatoms. The van der Waals surface area contributed by atoms with Crippen molar-refractivity contribution in [3.63, 3.8) is 0 Å². The number of rotatable bonds is 3. The van der Waals surface area contributed by atoms with Crippen molar-refractivity contribution in [2.24, 2.45) is 0 Å². The van der Waals surface area contributed by atoms with Gasteiger partial charge in [0.05, 0.1) is 0 Å². The summed E-state index contributed by atoms with van der Waals surface area (Å²) in [5, 5.41) is 3.20. The van der Waals surface area contributed by atoms with Gasteiger partial charge >= 0.3 is 0 Å². The first-order chi connectivity index (χ1) is 6.24. The first kappa shape index (κ1) is 10.4. The van der Waals surface area contributed by atoms with Crippen LogP contribution in [-0.4, -0.2) is 18.3 Å². The van der Waals surface area contributed by atoms with Gasteiger partial charge in [0.15, 0.2) is 0 Å². The fraction of sp³-hybridized carbons (Fsp3) is 0.222. The van der Waals surface area contributed by atoms with Gasteiger partial charge in [-0.2, -0.15) is 0 Å². The number of carbonyl (C=O) groups is 1. The van der Waals surface area contributed by atoms with Crippen LogP contribution in [0.2, 0.25) is 5.02 Å². The van der Waals surface area contributed by atoms with Crippen LogP contribution in [-0.2, 0) is 0 Å². The van der Waals surface area contributed by atoms with Crippen molar-refractivity contribution in [2.75, 3.05) is 12.4 Å². The maximum absolute atomic E-state index is 11.3. The Balaban J connectivity index is 2.66. The standard InChI is InChI=1S/C9H9Cl2NO/c10-4-5-12-9(13)7-2-1-3-8(11)6-7/h1-3,6H,4-5H2,(H,12,13). The smallest absolute Gasteiger partial charge is 0.251 e. The number of hydrogen-bond donors (Lipinski definition) is 1. The third-order valence-electron chi connectivity index (χ3n) is 1.47. The zero-order valence-corrected chi connectivity index (χ0v) is 8.40. The summed E-state index contributed by atoms with van der Waals surface area (Å²) in [6, 6.07) is 6.78. The fourth-order valence-corrected chi connectivity index (χ4v) is 1.18. The molecule has 1 aromatic rings. The summed E-state index contributed by atoms with van der Waals surface area (Å²) in [5.74, 6) is 0.259. The van der Waals surface area contributed by atoms with Crippen molar-refractivity contribution in [1.29, 1.82) is 0 Å². The molecule has 0 spiro atoms. The third-order valence-corrected chi connectivity index (χ3v) is 1.89. The molecule has 1 N–H and O–H groups in total. The van der Waals surface area contributed by atoms with Crippen molar-refractivity contribution < 1.29 is 4.79 Å². The highest BCUT2D eigenvalue weighted by molar-refractivity contribution is 6.30. The molecular formula is C9H9Cl2NO. The zero-order chi connectivity index (χ0) is 9.68. The minimum absolute atomic E-state index is 0.150. The zero-order valence-electron chi connectivity index (χ0n) is 6.89. The van der Waals surface area contributed by atoms with E-state index in [1.54, 1.807) is 24.3 Å². The lowest BCUT2D eigenvalue weighted by atomic mass is 10.2. The molecule has 0 fully saturated rings. The lowest BCUT2D eigenvalue weighted by Crippen LogP contribution is -2.25. The van der Waals surface area contributed by atoms with Gasteiger partial charge in [0, 0.05) is 23.0 Å². The van der Waals surface area contributed by atoms with Gasteiger partial charge in [-0.1, -0.05) is 17.7 Å². The SMILES string of the molecule is O=C(NCCCl)c1cccc(Cl)c1. The Morgan fingerprint density at radius 3 is 2.85 bits per heavy atom. The molecule has 0 heterocycles. The molecule has 1 rings (SSSR count). The minimum atomic E-state index is -0.150. The fourth-order valence-electron chi connectivity index (χ4n) is 0.893. The van der Waals surface area contributed by atoms with Gasteiger partial charge < -0.3 is 5.32 Å². The Hall–Kier alpha value is -0.730. The summed E-state index contributed by atoms with van der Waals surface area (Å²) >= 11 is 11.1. The van der Waals surface area contributed by atoms with Crippen molar-refractivity contribution in [3.05, 3.63) is 34.9 Å². The molecular weight excluding hydrogens is 209 g/mol. The number of carbonyl (C=O) groups excluding carboxylic acids is 1. The molecule has 0 saturated heterocycles. The van der Waals surface area contributed by atoms with Gasteiger partial charge in [0.25, 0.3) is 5.91 Å². The highest BCUT2D eigenvalue weighted by Crippen LogP contribution is 2.10. The summed E-state index contributed by atoms with van der Waals surface area (Å²) in [4.78, 5) is 11.3. The highest BCUT2D eigenvalue weighted by atomic mass is 35.5. The molecule has 0 saturated carbocycles. The van der Waals surface area contributed by atoms with Crippen LogP contribution in [0, 0.1) is 0 Å². The van der Waals surface area contributed by atoms with Crippen LogP contribution in [0.25, 0.3) is 0 Å². The van der Waals surface area contributed by atoms with E-state index in [0.717, 1.165) is 0 Å². The Bertz CT molecular complexity index is 301. The van der Waals surface area contributed by atoms with Crippen molar-refractivity contribution >= 4 is 29.1 Å². The predicted molar refractivity (Wildman–Crippen MR) is 54.5 cm³/mol. The lowest BCUT2D eigenvalue weighted by Gasteiger charge is -2.02. The van der Waals surface area contributed by atoms with Gasteiger partial charge in [-0.05, 0) is 18.2 Å². The number of hydrogen-bond acceptors (Lipinski definition) is 1. The van der Waals surface area contributed by atoms with E-state index in [-0.39, 0.29) is 5.91 Å². The minimum Gasteiger partial charge on any atom is -0.351 e. The van der Waals surface area contributed by atoms with Crippen molar-refractivity contribution in [1.82, 2.24) is 5.32 Å². The van der Waals surface area contributed by atoms with E-state index in [1.165, 1.54) is 0 Å². The molecule has 0 aliphatic heterocycles. The van der Waals surface area contributed by atoms with Gasteiger partial charge in [0.2, 0.25) is 0 Å². The summed E-state index contributed by atoms with van der Waals surface area (Å²) in [6.45, 7) is 0.465. The summed E-state index contributed by atoms with van der Waals surface area (Å²) < 4.78 is 0. The van der Waals surface area contributed by atoms with E-state index in [9.17, 15) is 4.79 Å². The molecule has 0 unspecified atom stereocenters. The van der Waals surface area contributed by atoms with Crippen LogP contribution in [0.5, 0.6) is 0 Å². The molecule has 1 amide bonds. The molecule has 0 bridgehead atoms. The summed E-state index contributed by atoms with van der Waals surface area (Å²) in [6.07, 6.45) is 0. The van der Waals surface area contributed by atoms with Gasteiger partial charge in [-0.25, -0.2) is 0 Å². The second kappa shape index (κ2) is 5.10. The number of nitrogens with one attached hydrogen (secondary N) is 1. The molecule has 0 radical (unpaired) electrons. The highest BCUT2D eigenvalue weighted by Gasteiger charge is 2.03. The van der Waals surface area contributed by atoms with Gasteiger partial charge in [-0.3, -0.25) is 4.79 Å². The molecule has 0 aliphatic carbocycles. The van der Waals surface area contributed by atoms with E-state index in [0.29, 0.717) is 23.0 Å². The Labute approximate surface area is 86.8 Å². The van der Waals surface area contributed by atoms with Crippen molar-refractivity contribution in [3.8, 4) is 0 Å².